The average molecular weight is 794 g/mol. The number of dihydropyridines is 1. The van der Waals surface area contributed by atoms with E-state index in [1.807, 2.05) is 30.2 Å². The maximum absolute atomic E-state index is 10.9. The average Bonchev–Trinajstić information content (AvgIpc) is 3.87. The third-order valence-electron chi connectivity index (χ3n) is 13.6. The van der Waals surface area contributed by atoms with Gasteiger partial charge >= 0.3 is 0 Å². The maximum Gasteiger partial charge on any atom is 0.212 e. The summed E-state index contributed by atoms with van der Waals surface area (Å²) in [5.41, 5.74) is 17.9. The number of hydrogen-bond donors (Lipinski definition) is 6. The Bertz CT molecular complexity index is 2230. The zero-order valence-corrected chi connectivity index (χ0v) is 35.1. The number of aliphatic hydroxyl groups excluding tert-OH is 1. The van der Waals surface area contributed by atoms with Crippen molar-refractivity contribution in [3.63, 3.8) is 0 Å². The minimum absolute atomic E-state index is 0.0554. The number of nitrogens with one attached hydrogen (secondary N) is 3. The first-order chi connectivity index (χ1) is 27.1. The van der Waals surface area contributed by atoms with E-state index in [-0.39, 0.29) is 27.7 Å². The van der Waals surface area contributed by atoms with Crippen molar-refractivity contribution in [3.05, 3.63) is 80.7 Å². The minimum Gasteiger partial charge on any atom is -0.493 e. The van der Waals surface area contributed by atoms with Crippen molar-refractivity contribution >= 4 is 46.4 Å². The normalized spacial score (nSPS) is 32.4. The fraction of sp³-hybridized carbons (Fsp3) is 0.545. The van der Waals surface area contributed by atoms with E-state index >= 15 is 0 Å². The molecule has 2 atom stereocenters. The van der Waals surface area contributed by atoms with Gasteiger partial charge in [0.15, 0.2) is 0 Å². The van der Waals surface area contributed by atoms with Crippen LogP contribution in [0.4, 0.5) is 5.13 Å². The van der Waals surface area contributed by atoms with Crippen LogP contribution in [0.15, 0.2) is 64.5 Å². The van der Waals surface area contributed by atoms with Gasteiger partial charge in [0.2, 0.25) is 11.0 Å². The number of allylic oxidation sites excluding steroid dienone is 4. The van der Waals surface area contributed by atoms with Gasteiger partial charge < -0.3 is 36.4 Å². The van der Waals surface area contributed by atoms with Crippen molar-refractivity contribution in [1.82, 2.24) is 25.0 Å². The van der Waals surface area contributed by atoms with E-state index in [9.17, 15) is 10.5 Å². The number of aliphatic hydroxyl groups is 1. The van der Waals surface area contributed by atoms with E-state index in [1.54, 1.807) is 17.1 Å². The molecule has 2 saturated heterocycles. The number of aliphatic imine (C=N–C) groups is 1. The second kappa shape index (κ2) is 14.7. The molecule has 57 heavy (non-hydrogen) atoms. The van der Waals surface area contributed by atoms with Crippen LogP contribution < -0.4 is 31.6 Å². The van der Waals surface area contributed by atoms with Crippen LogP contribution in [-0.4, -0.2) is 74.8 Å². The van der Waals surface area contributed by atoms with E-state index in [1.165, 1.54) is 69.4 Å². The van der Waals surface area contributed by atoms with Crippen LogP contribution in [0.25, 0.3) is 18.2 Å². The highest BCUT2D eigenvalue weighted by molar-refractivity contribution is 7.13. The predicted molar refractivity (Wildman–Crippen MR) is 229 cm³/mol. The molecule has 4 aliphatic carbocycles. The first-order valence-corrected chi connectivity index (χ1v) is 21.5. The summed E-state index contributed by atoms with van der Waals surface area (Å²) in [6.45, 7) is 22.8. The number of ether oxygens (including phenoxy) is 1. The lowest BCUT2D eigenvalue weighted by Gasteiger charge is -2.69. The summed E-state index contributed by atoms with van der Waals surface area (Å²) in [5.74, 6) is 0.971. The molecule has 12 nitrogen and oxygen atoms in total. The molecule has 304 valence electrons. The Morgan fingerprint density at radius 1 is 1.12 bits per heavy atom. The standard InChI is InChI=1S/C44H60N10O2S/c1-7-11-34-30(4)57-40(49-34)51-37(45)28(2)31-12-10-17-53(38(31)46)35-14-13-32(36(50-35)39(47)55)33-20-48-54(29(33)3)27-43-22-41(5)21-42(6,23-43)25-44(24-41,26-43)56-19-18-52-15-8-9-16-52/h7,11,13-14,20,46,50,55H,1,4,8-10,12,15-19,21-27,47H2,2-3,5-6H3,(H2,45,49,51)/p+1/b31-28-,34-11+,39-36+,46-38?. The smallest absolute Gasteiger partial charge is 0.212 e. The zero-order valence-electron chi connectivity index (χ0n) is 34.3. The van der Waals surface area contributed by atoms with Gasteiger partial charge in [-0.25, -0.2) is 9.98 Å². The van der Waals surface area contributed by atoms with Crippen molar-refractivity contribution in [1.29, 1.82) is 5.41 Å². The molecule has 3 aliphatic heterocycles. The summed E-state index contributed by atoms with van der Waals surface area (Å²) in [4.78, 5) is 12.7. The third kappa shape index (κ3) is 7.54. The molecule has 4 bridgehead atoms. The van der Waals surface area contributed by atoms with Crippen molar-refractivity contribution < 1.29 is 14.7 Å². The van der Waals surface area contributed by atoms with Crippen LogP contribution in [0.2, 0.25) is 0 Å². The van der Waals surface area contributed by atoms with E-state index in [0.29, 0.717) is 41.3 Å². The molecular weight excluding hydrogens is 733 g/mol. The second-order valence-electron chi connectivity index (χ2n) is 18.7. The lowest BCUT2D eigenvalue weighted by atomic mass is 9.39. The lowest BCUT2D eigenvalue weighted by Crippen LogP contribution is -3.10. The van der Waals surface area contributed by atoms with Gasteiger partial charge in [-0.1, -0.05) is 44.4 Å². The number of aromatic nitrogens is 3. The SMILES string of the molecule is C=C/C=c1/nc(/N=C(N)/C(C)=C2/CCCN(C3=CC=C(c4cnn(CC56CC7(C)CC(C)(C5)CC(OCC[NH+]5CCCC5)(C7)C6)c4C)/C(=C(/N)O)N3)C2=N)sc1=C. The van der Waals surface area contributed by atoms with Gasteiger partial charge in [0.05, 0.1) is 36.8 Å². The molecule has 2 aromatic heterocycles. The first kappa shape index (κ1) is 39.4. The van der Waals surface area contributed by atoms with Gasteiger partial charge in [-0.3, -0.25) is 10.1 Å². The quantitative estimate of drug-likeness (QED) is 0.110. The summed E-state index contributed by atoms with van der Waals surface area (Å²) in [6, 6.07) is 0. The van der Waals surface area contributed by atoms with Gasteiger partial charge in [-0.2, -0.15) is 5.10 Å². The molecule has 2 aromatic rings. The Hall–Kier alpha value is -4.46. The Morgan fingerprint density at radius 2 is 1.86 bits per heavy atom. The van der Waals surface area contributed by atoms with Gasteiger partial charge in [-0.05, 0) is 105 Å². The Balaban J connectivity index is 1.03. The Kier molecular flexibility index (Phi) is 10.2. The number of thiazole rings is 1. The van der Waals surface area contributed by atoms with Crippen LogP contribution >= 0.6 is 11.3 Å². The molecule has 8 N–H and O–H groups in total. The fourth-order valence-electron chi connectivity index (χ4n) is 12.3. The van der Waals surface area contributed by atoms with Crippen molar-refractivity contribution in [3.8, 4) is 0 Å². The monoisotopic (exact) mass is 793 g/mol. The molecule has 2 unspecified atom stereocenters. The second-order valence-corrected chi connectivity index (χ2v) is 19.7. The molecule has 13 heteroatoms. The molecule has 7 aliphatic rings. The van der Waals surface area contributed by atoms with Crippen LogP contribution in [-0.2, 0) is 11.3 Å². The molecule has 0 aromatic carbocycles. The first-order valence-electron chi connectivity index (χ1n) is 20.7. The molecule has 5 heterocycles. The van der Waals surface area contributed by atoms with Gasteiger partial charge in [-0.15, -0.1) is 0 Å². The van der Waals surface area contributed by atoms with E-state index in [0.717, 1.165) is 70.4 Å². The van der Waals surface area contributed by atoms with Gasteiger partial charge in [0, 0.05) is 52.9 Å². The van der Waals surface area contributed by atoms with Crippen LogP contribution in [0.1, 0.15) is 96.2 Å². The van der Waals surface area contributed by atoms with E-state index < -0.39 is 0 Å². The van der Waals surface area contributed by atoms with Crippen molar-refractivity contribution in [2.45, 2.75) is 104 Å². The molecular formula is C44H61N10O2S+. The molecule has 0 spiro atoms. The highest BCUT2D eigenvalue weighted by Gasteiger charge is 2.66. The molecule has 9 rings (SSSR count). The van der Waals surface area contributed by atoms with Crippen molar-refractivity contribution in [2.75, 3.05) is 32.8 Å². The number of nitrogens with two attached hydrogens (primary N) is 2. The number of likely N-dealkylation sites (tertiary alicyclic amines) is 2. The summed E-state index contributed by atoms with van der Waals surface area (Å²) in [5, 5.41) is 29.8. The van der Waals surface area contributed by atoms with Crippen molar-refractivity contribution in [2.24, 2.45) is 32.7 Å². The highest BCUT2D eigenvalue weighted by Crippen LogP contribution is 2.72. The number of quaternary nitrogens is 1. The Morgan fingerprint density at radius 3 is 2.56 bits per heavy atom. The minimum atomic E-state index is -0.316. The van der Waals surface area contributed by atoms with E-state index in [2.05, 4.69) is 53.9 Å². The molecule has 4 saturated carbocycles. The highest BCUT2D eigenvalue weighted by atomic mass is 32.1. The van der Waals surface area contributed by atoms with Gasteiger partial charge in [0.25, 0.3) is 0 Å². The number of amidine groups is 2. The number of piperidine rings is 1. The summed E-state index contributed by atoms with van der Waals surface area (Å²) >= 11 is 1.36. The molecule has 0 radical (unpaired) electrons. The zero-order chi connectivity index (χ0) is 40.3. The summed E-state index contributed by atoms with van der Waals surface area (Å²) < 4.78 is 10.0. The summed E-state index contributed by atoms with van der Waals surface area (Å²) in [6.07, 6.45) is 20.6. The lowest BCUT2D eigenvalue weighted by molar-refractivity contribution is -0.888. The number of nitrogens with zero attached hydrogens (tertiary/aromatic N) is 5. The largest absolute Gasteiger partial charge is 0.493 e. The van der Waals surface area contributed by atoms with E-state index in [4.69, 9.17) is 21.3 Å². The van der Waals surface area contributed by atoms with Crippen LogP contribution in [0, 0.1) is 28.6 Å². The molecule has 0 amide bonds. The maximum atomic E-state index is 10.9. The molecule has 6 fully saturated rings. The number of rotatable bonds is 11. The van der Waals surface area contributed by atoms with Gasteiger partial charge in [0.1, 0.15) is 29.7 Å². The predicted octanol–water partition coefficient (Wildman–Crippen LogP) is 4.43. The Labute approximate surface area is 340 Å². The topological polar surface area (TPSA) is 168 Å². The fourth-order valence-corrected chi connectivity index (χ4v) is 13.1. The summed E-state index contributed by atoms with van der Waals surface area (Å²) in [7, 11) is 0. The van der Waals surface area contributed by atoms with Crippen LogP contribution in [0.3, 0.4) is 0 Å². The van der Waals surface area contributed by atoms with Crippen LogP contribution in [0.5, 0.6) is 0 Å². The third-order valence-corrected chi connectivity index (χ3v) is 14.4. The number of hydrogen-bond acceptors (Lipinski definition) is 9.